The first kappa shape index (κ1) is 14.7. The van der Waals surface area contributed by atoms with Crippen molar-refractivity contribution in [3.05, 3.63) is 23.8 Å². The van der Waals surface area contributed by atoms with Crippen LogP contribution in [0.15, 0.2) is 18.2 Å². The third kappa shape index (κ3) is 2.51. The predicted octanol–water partition coefficient (Wildman–Crippen LogP) is 2.54. The Labute approximate surface area is 126 Å². The van der Waals surface area contributed by atoms with Gasteiger partial charge in [0.15, 0.2) is 0 Å². The summed E-state index contributed by atoms with van der Waals surface area (Å²) in [4.78, 5) is 2.45. The first-order valence-electron chi connectivity index (χ1n) is 7.74. The van der Waals surface area contributed by atoms with E-state index in [0.29, 0.717) is 12.1 Å². The van der Waals surface area contributed by atoms with Crippen LogP contribution in [0.1, 0.15) is 37.7 Å². The molecule has 2 bridgehead atoms. The number of fused-ring (bicyclic) bond motifs is 2. The lowest BCUT2D eigenvalue weighted by molar-refractivity contribution is -0.0883. The first-order valence-corrected chi connectivity index (χ1v) is 7.74. The number of piperidine rings is 2. The maximum absolute atomic E-state index is 11.3. The molecule has 0 amide bonds. The highest BCUT2D eigenvalue weighted by molar-refractivity contribution is 5.44. The van der Waals surface area contributed by atoms with Crippen LogP contribution in [0, 0.1) is 0 Å². The fourth-order valence-corrected chi connectivity index (χ4v) is 4.05. The summed E-state index contributed by atoms with van der Waals surface area (Å²) < 4.78 is 10.8. The summed E-state index contributed by atoms with van der Waals surface area (Å²) in [6, 6.07) is 6.66. The second-order valence-corrected chi connectivity index (χ2v) is 6.41. The van der Waals surface area contributed by atoms with E-state index in [1.807, 2.05) is 18.2 Å². The number of nitrogens with zero attached hydrogens (tertiary/aromatic N) is 1. The number of hydrogen-bond donors (Lipinski definition) is 1. The van der Waals surface area contributed by atoms with Crippen LogP contribution < -0.4 is 9.47 Å². The second kappa shape index (κ2) is 5.50. The lowest BCUT2D eigenvalue weighted by atomic mass is 9.72. The minimum atomic E-state index is -0.792. The molecule has 1 aromatic carbocycles. The Kier molecular flexibility index (Phi) is 3.84. The average Bonchev–Trinajstić information content (AvgIpc) is 2.48. The Morgan fingerprint density at radius 1 is 1.14 bits per heavy atom. The van der Waals surface area contributed by atoms with Crippen LogP contribution in [0.25, 0.3) is 0 Å². The van der Waals surface area contributed by atoms with E-state index in [-0.39, 0.29) is 0 Å². The summed E-state index contributed by atoms with van der Waals surface area (Å²) in [5.74, 6) is 1.48. The molecule has 2 heterocycles. The maximum Gasteiger partial charge on any atom is 0.128 e. The molecule has 1 N–H and O–H groups in total. The summed E-state index contributed by atoms with van der Waals surface area (Å²) in [5, 5.41) is 11.3. The van der Waals surface area contributed by atoms with Crippen LogP contribution in [0.5, 0.6) is 11.5 Å². The maximum atomic E-state index is 11.3. The van der Waals surface area contributed by atoms with Crippen molar-refractivity contribution in [2.75, 3.05) is 21.3 Å². The van der Waals surface area contributed by atoms with Gasteiger partial charge in [-0.05, 0) is 44.9 Å². The van der Waals surface area contributed by atoms with Crippen LogP contribution in [-0.4, -0.2) is 43.4 Å². The molecule has 116 valence electrons. The van der Waals surface area contributed by atoms with Crippen LogP contribution in [0.3, 0.4) is 0 Å². The number of methoxy groups -OCH3 is 2. The zero-order valence-electron chi connectivity index (χ0n) is 13.1. The third-order valence-electron chi connectivity index (χ3n) is 5.28. The highest BCUT2D eigenvalue weighted by atomic mass is 16.5. The molecular weight excluding hydrogens is 266 g/mol. The molecule has 21 heavy (non-hydrogen) atoms. The van der Waals surface area contributed by atoms with Gasteiger partial charge in [0.05, 0.1) is 19.8 Å². The molecule has 4 nitrogen and oxygen atoms in total. The summed E-state index contributed by atoms with van der Waals surface area (Å²) in [6.45, 7) is 0. The summed E-state index contributed by atoms with van der Waals surface area (Å²) >= 11 is 0. The van der Waals surface area contributed by atoms with Gasteiger partial charge in [0.2, 0.25) is 0 Å². The summed E-state index contributed by atoms with van der Waals surface area (Å²) in [7, 11) is 5.49. The van der Waals surface area contributed by atoms with Crippen LogP contribution in [0.2, 0.25) is 0 Å². The Hall–Kier alpha value is -1.26. The topological polar surface area (TPSA) is 41.9 Å². The van der Waals surface area contributed by atoms with Crippen molar-refractivity contribution in [2.45, 2.75) is 49.8 Å². The summed E-state index contributed by atoms with van der Waals surface area (Å²) in [5.41, 5.74) is 0.107. The van der Waals surface area contributed by atoms with Crippen molar-refractivity contribution in [1.29, 1.82) is 0 Å². The van der Waals surface area contributed by atoms with Crippen molar-refractivity contribution in [1.82, 2.24) is 4.90 Å². The van der Waals surface area contributed by atoms with Crippen molar-refractivity contribution in [3.63, 3.8) is 0 Å². The van der Waals surface area contributed by atoms with Gasteiger partial charge in [-0.3, -0.25) is 0 Å². The van der Waals surface area contributed by atoms with E-state index in [4.69, 9.17) is 9.47 Å². The van der Waals surface area contributed by atoms with Crippen LogP contribution >= 0.6 is 0 Å². The van der Waals surface area contributed by atoms with Gasteiger partial charge in [0, 0.05) is 23.7 Å². The molecule has 2 fully saturated rings. The molecule has 3 rings (SSSR count). The molecule has 4 heteroatoms. The highest BCUT2D eigenvalue weighted by Gasteiger charge is 2.46. The first-order chi connectivity index (χ1) is 10.1. The van der Waals surface area contributed by atoms with Gasteiger partial charge in [0.25, 0.3) is 0 Å². The fraction of sp³-hybridized carbons (Fsp3) is 0.647. The molecule has 0 aliphatic carbocycles. The monoisotopic (exact) mass is 291 g/mol. The van der Waals surface area contributed by atoms with Crippen molar-refractivity contribution in [3.8, 4) is 11.5 Å². The van der Waals surface area contributed by atoms with E-state index in [1.165, 1.54) is 19.3 Å². The van der Waals surface area contributed by atoms with Gasteiger partial charge in [0.1, 0.15) is 11.5 Å². The van der Waals surface area contributed by atoms with E-state index < -0.39 is 5.60 Å². The number of benzene rings is 1. The Balaban J connectivity index is 1.95. The minimum absolute atomic E-state index is 0.467. The van der Waals surface area contributed by atoms with Gasteiger partial charge in [-0.1, -0.05) is 6.42 Å². The van der Waals surface area contributed by atoms with E-state index in [9.17, 15) is 5.11 Å². The number of aliphatic hydroxyl groups is 1. The lowest BCUT2D eigenvalue weighted by Gasteiger charge is -2.51. The van der Waals surface area contributed by atoms with Crippen LogP contribution in [-0.2, 0) is 5.60 Å². The lowest BCUT2D eigenvalue weighted by Crippen LogP contribution is -2.55. The molecule has 2 saturated heterocycles. The molecule has 0 saturated carbocycles. The second-order valence-electron chi connectivity index (χ2n) is 6.41. The quantitative estimate of drug-likeness (QED) is 0.929. The Morgan fingerprint density at radius 2 is 1.81 bits per heavy atom. The van der Waals surface area contributed by atoms with E-state index in [1.54, 1.807) is 14.2 Å². The standard InChI is InChI=1S/C17H25NO3/c1-18-12-5-4-6-13(18)11-17(19,10-12)15-8-7-14(20-2)9-16(15)21-3/h7-9,12-13,19H,4-6,10-11H2,1-3H3. The molecule has 2 aliphatic rings. The molecule has 0 spiro atoms. The SMILES string of the molecule is COc1ccc(C2(O)CC3CCCC(C2)N3C)c(OC)c1. The van der Waals surface area contributed by atoms with Gasteiger partial charge >= 0.3 is 0 Å². The number of hydrogen-bond acceptors (Lipinski definition) is 4. The molecule has 1 aromatic rings. The minimum Gasteiger partial charge on any atom is -0.497 e. The third-order valence-corrected chi connectivity index (χ3v) is 5.28. The fourth-order valence-electron chi connectivity index (χ4n) is 4.05. The number of rotatable bonds is 3. The van der Waals surface area contributed by atoms with Gasteiger partial charge in [-0.2, -0.15) is 0 Å². The molecular formula is C17H25NO3. The average molecular weight is 291 g/mol. The zero-order valence-corrected chi connectivity index (χ0v) is 13.1. The van der Waals surface area contributed by atoms with E-state index in [0.717, 1.165) is 29.9 Å². The van der Waals surface area contributed by atoms with E-state index >= 15 is 0 Å². The van der Waals surface area contributed by atoms with Gasteiger partial charge < -0.3 is 19.5 Å². The Morgan fingerprint density at radius 3 is 2.38 bits per heavy atom. The molecule has 0 radical (unpaired) electrons. The largest absolute Gasteiger partial charge is 0.497 e. The van der Waals surface area contributed by atoms with Crippen molar-refractivity contribution in [2.24, 2.45) is 0 Å². The van der Waals surface area contributed by atoms with Crippen LogP contribution in [0.4, 0.5) is 0 Å². The zero-order chi connectivity index (χ0) is 15.0. The molecule has 2 aliphatic heterocycles. The van der Waals surface area contributed by atoms with Crippen molar-refractivity contribution >= 4 is 0 Å². The highest BCUT2D eigenvalue weighted by Crippen LogP contribution is 2.46. The molecule has 2 unspecified atom stereocenters. The van der Waals surface area contributed by atoms with Crippen molar-refractivity contribution < 1.29 is 14.6 Å². The molecule has 0 aromatic heterocycles. The summed E-state index contributed by atoms with van der Waals surface area (Å²) in [6.07, 6.45) is 5.18. The Bertz CT molecular complexity index is 503. The van der Waals surface area contributed by atoms with Gasteiger partial charge in [-0.25, -0.2) is 0 Å². The van der Waals surface area contributed by atoms with E-state index in [2.05, 4.69) is 11.9 Å². The normalized spacial score (nSPS) is 32.8. The smallest absolute Gasteiger partial charge is 0.128 e. The van der Waals surface area contributed by atoms with Gasteiger partial charge in [-0.15, -0.1) is 0 Å². The number of ether oxygens (including phenoxy) is 2. The molecule has 2 atom stereocenters. The predicted molar refractivity (Wildman–Crippen MR) is 81.9 cm³/mol.